The van der Waals surface area contributed by atoms with Crippen LogP contribution in [0.3, 0.4) is 0 Å². The van der Waals surface area contributed by atoms with Gasteiger partial charge in [-0.2, -0.15) is 4.31 Å². The molecule has 0 heterocycles. The van der Waals surface area contributed by atoms with Crippen LogP contribution >= 0.6 is 0 Å². The fraction of sp³-hybridized carbons (Fsp3) is 0.385. The van der Waals surface area contributed by atoms with Gasteiger partial charge in [-0.25, -0.2) is 8.42 Å². The van der Waals surface area contributed by atoms with Gasteiger partial charge in [-0.1, -0.05) is 24.0 Å². The molecule has 0 amide bonds. The van der Waals surface area contributed by atoms with Gasteiger partial charge in [0.05, 0.1) is 11.0 Å². The van der Waals surface area contributed by atoms with Gasteiger partial charge < -0.3 is 10.2 Å². The van der Waals surface area contributed by atoms with Crippen LogP contribution in [0.25, 0.3) is 0 Å². The van der Waals surface area contributed by atoms with Crippen LogP contribution in [-0.2, 0) is 10.0 Å². The molecule has 0 bridgehead atoms. The van der Waals surface area contributed by atoms with E-state index in [-0.39, 0.29) is 18.0 Å². The molecule has 0 aliphatic rings. The maximum absolute atomic E-state index is 12.3. The van der Waals surface area contributed by atoms with E-state index >= 15 is 0 Å². The van der Waals surface area contributed by atoms with E-state index in [0.29, 0.717) is 5.56 Å². The van der Waals surface area contributed by atoms with Gasteiger partial charge in [0.25, 0.3) is 0 Å². The second kappa shape index (κ2) is 6.68. The molecular weight excluding hydrogens is 266 g/mol. The molecule has 0 aliphatic carbocycles. The summed E-state index contributed by atoms with van der Waals surface area (Å²) in [6.07, 6.45) is -0.754. The van der Waals surface area contributed by atoms with Crippen LogP contribution in [0.1, 0.15) is 12.5 Å². The van der Waals surface area contributed by atoms with Crippen molar-refractivity contribution >= 4 is 10.0 Å². The molecule has 19 heavy (non-hydrogen) atoms. The van der Waals surface area contributed by atoms with Crippen molar-refractivity contribution in [2.45, 2.75) is 17.9 Å². The van der Waals surface area contributed by atoms with Crippen molar-refractivity contribution in [3.63, 3.8) is 0 Å². The van der Waals surface area contributed by atoms with Crippen molar-refractivity contribution in [3.05, 3.63) is 29.8 Å². The zero-order valence-electron chi connectivity index (χ0n) is 10.9. The van der Waals surface area contributed by atoms with Crippen LogP contribution in [0.15, 0.2) is 29.2 Å². The summed E-state index contributed by atoms with van der Waals surface area (Å²) in [7, 11) is -2.30. The molecule has 2 N–H and O–H groups in total. The Morgan fingerprint density at radius 3 is 2.58 bits per heavy atom. The monoisotopic (exact) mass is 283 g/mol. The molecule has 1 aromatic rings. The number of likely N-dealkylation sites (N-methyl/N-ethyl adjacent to an activating group) is 1. The highest BCUT2D eigenvalue weighted by Gasteiger charge is 2.23. The fourth-order valence-electron chi connectivity index (χ4n) is 1.57. The van der Waals surface area contributed by atoms with Crippen LogP contribution < -0.4 is 0 Å². The van der Waals surface area contributed by atoms with Gasteiger partial charge in [0.15, 0.2) is 0 Å². The summed E-state index contributed by atoms with van der Waals surface area (Å²) in [6, 6.07) is 6.31. The average Bonchev–Trinajstić information content (AvgIpc) is 2.35. The fourth-order valence-corrected chi connectivity index (χ4v) is 2.96. The third-order valence-electron chi connectivity index (χ3n) is 2.40. The molecule has 1 aromatic carbocycles. The minimum Gasteiger partial charge on any atom is -0.392 e. The highest BCUT2D eigenvalue weighted by molar-refractivity contribution is 7.89. The Kier molecular flexibility index (Phi) is 5.51. The van der Waals surface area contributed by atoms with Crippen molar-refractivity contribution in [1.29, 1.82) is 0 Å². The van der Waals surface area contributed by atoms with Crippen molar-refractivity contribution < 1.29 is 18.6 Å². The van der Waals surface area contributed by atoms with E-state index in [1.54, 1.807) is 18.2 Å². The van der Waals surface area contributed by atoms with Gasteiger partial charge in [-0.3, -0.25) is 0 Å². The highest BCUT2D eigenvalue weighted by Crippen LogP contribution is 2.18. The van der Waals surface area contributed by atoms with Crippen molar-refractivity contribution in [1.82, 2.24) is 4.31 Å². The molecule has 0 aromatic heterocycles. The topological polar surface area (TPSA) is 77.8 Å². The van der Waals surface area contributed by atoms with Gasteiger partial charge >= 0.3 is 0 Å². The molecule has 0 spiro atoms. The SMILES string of the molecule is CC(O)CN(C)S(=O)(=O)c1ccccc1C#CCO. The Morgan fingerprint density at radius 1 is 1.37 bits per heavy atom. The molecule has 1 unspecified atom stereocenters. The van der Waals surface area contributed by atoms with Crippen molar-refractivity contribution in [3.8, 4) is 11.8 Å². The summed E-state index contributed by atoms with van der Waals surface area (Å²) in [5, 5.41) is 18.0. The number of aliphatic hydroxyl groups is 2. The highest BCUT2D eigenvalue weighted by atomic mass is 32.2. The Labute approximate surface area is 113 Å². The standard InChI is InChI=1S/C13H17NO4S/c1-11(16)10-14(2)19(17,18)13-8-4-3-6-12(13)7-5-9-15/h3-4,6,8,11,15-16H,9-10H2,1-2H3. The molecule has 5 nitrogen and oxygen atoms in total. The van der Waals surface area contributed by atoms with Gasteiger partial charge in [-0.05, 0) is 19.1 Å². The largest absolute Gasteiger partial charge is 0.392 e. The first kappa shape index (κ1) is 15.7. The summed E-state index contributed by atoms with van der Waals surface area (Å²) in [5.74, 6) is 5.04. The summed E-state index contributed by atoms with van der Waals surface area (Å²) in [4.78, 5) is 0.0686. The number of hydrogen-bond acceptors (Lipinski definition) is 4. The Hall–Kier alpha value is -1.39. The number of benzene rings is 1. The van der Waals surface area contributed by atoms with E-state index in [1.165, 1.54) is 20.0 Å². The normalized spacial score (nSPS) is 12.9. The smallest absolute Gasteiger partial charge is 0.244 e. The number of aliphatic hydroxyl groups excluding tert-OH is 2. The van der Waals surface area contributed by atoms with Gasteiger partial charge in [0.1, 0.15) is 6.61 Å². The minimum atomic E-state index is -3.71. The first-order chi connectivity index (χ1) is 8.89. The van der Waals surface area contributed by atoms with E-state index in [9.17, 15) is 13.5 Å². The van der Waals surface area contributed by atoms with Crippen molar-refractivity contribution in [2.24, 2.45) is 0 Å². The van der Waals surface area contributed by atoms with Crippen LogP contribution in [0.5, 0.6) is 0 Å². The predicted octanol–water partition coefficient (Wildman–Crippen LogP) is 0.0317. The van der Waals surface area contributed by atoms with Gasteiger partial charge in [0, 0.05) is 19.2 Å². The van der Waals surface area contributed by atoms with Crippen LogP contribution in [0.4, 0.5) is 0 Å². The van der Waals surface area contributed by atoms with Crippen LogP contribution in [-0.4, -0.2) is 49.2 Å². The maximum atomic E-state index is 12.3. The second-order valence-electron chi connectivity index (χ2n) is 4.09. The van der Waals surface area contributed by atoms with Crippen molar-refractivity contribution in [2.75, 3.05) is 20.2 Å². The van der Waals surface area contributed by atoms with Crippen LogP contribution in [0, 0.1) is 11.8 Å². The number of sulfonamides is 1. The molecule has 0 radical (unpaired) electrons. The quantitative estimate of drug-likeness (QED) is 0.764. The number of rotatable bonds is 4. The molecule has 104 valence electrons. The lowest BCUT2D eigenvalue weighted by Gasteiger charge is -2.19. The maximum Gasteiger partial charge on any atom is 0.244 e. The summed E-state index contributed by atoms with van der Waals surface area (Å²) >= 11 is 0. The lowest BCUT2D eigenvalue weighted by molar-refractivity contribution is 0.171. The van der Waals surface area contributed by atoms with E-state index < -0.39 is 16.1 Å². The molecule has 0 aliphatic heterocycles. The zero-order valence-corrected chi connectivity index (χ0v) is 11.7. The third kappa shape index (κ3) is 4.04. The molecular formula is C13H17NO4S. The van der Waals surface area contributed by atoms with E-state index in [4.69, 9.17) is 5.11 Å². The summed E-state index contributed by atoms with van der Waals surface area (Å²) in [5.41, 5.74) is 0.328. The first-order valence-electron chi connectivity index (χ1n) is 5.72. The van der Waals surface area contributed by atoms with E-state index in [1.807, 2.05) is 0 Å². The lowest BCUT2D eigenvalue weighted by Crippen LogP contribution is -2.33. The molecule has 0 saturated carbocycles. The third-order valence-corrected chi connectivity index (χ3v) is 4.28. The molecule has 1 rings (SSSR count). The number of hydrogen-bond donors (Lipinski definition) is 2. The van der Waals surface area contributed by atoms with E-state index in [2.05, 4.69) is 11.8 Å². The average molecular weight is 283 g/mol. The molecule has 6 heteroatoms. The second-order valence-corrected chi connectivity index (χ2v) is 6.10. The predicted molar refractivity (Wildman–Crippen MR) is 71.9 cm³/mol. The summed E-state index contributed by atoms with van der Waals surface area (Å²) in [6.45, 7) is 1.19. The van der Waals surface area contributed by atoms with E-state index in [0.717, 1.165) is 4.31 Å². The van der Waals surface area contributed by atoms with Crippen LogP contribution in [0.2, 0.25) is 0 Å². The molecule has 0 saturated heterocycles. The minimum absolute atomic E-state index is 0.00406. The summed E-state index contributed by atoms with van der Waals surface area (Å²) < 4.78 is 25.8. The lowest BCUT2D eigenvalue weighted by atomic mass is 10.2. The zero-order chi connectivity index (χ0) is 14.5. The molecule has 1 atom stereocenters. The Balaban J connectivity index is 3.21. The Morgan fingerprint density at radius 2 is 2.00 bits per heavy atom. The Bertz CT molecular complexity index is 584. The first-order valence-corrected chi connectivity index (χ1v) is 7.16. The molecule has 0 fully saturated rings. The number of nitrogens with zero attached hydrogens (tertiary/aromatic N) is 1. The van der Waals surface area contributed by atoms with Gasteiger partial charge in [-0.15, -0.1) is 0 Å². The van der Waals surface area contributed by atoms with Gasteiger partial charge in [0.2, 0.25) is 10.0 Å².